The van der Waals surface area contributed by atoms with E-state index in [0.717, 1.165) is 17.7 Å². The molecule has 0 aliphatic rings. The number of nitrogens with zero attached hydrogens (tertiary/aromatic N) is 3. The van der Waals surface area contributed by atoms with Crippen LogP contribution in [0.1, 0.15) is 28.7 Å². The fourth-order valence-corrected chi connectivity index (χ4v) is 2.11. The average molecular weight is 304 g/mol. The van der Waals surface area contributed by atoms with Crippen LogP contribution >= 0.6 is 11.6 Å². The molecule has 5 heteroatoms. The second-order valence-electron chi connectivity index (χ2n) is 5.14. The fourth-order valence-electron chi connectivity index (χ4n) is 1.98. The van der Waals surface area contributed by atoms with Gasteiger partial charge in [0, 0.05) is 24.3 Å². The number of rotatable bonds is 4. The Labute approximate surface area is 129 Å². The van der Waals surface area contributed by atoms with Crippen molar-refractivity contribution in [2.45, 2.75) is 26.3 Å². The highest BCUT2D eigenvalue weighted by Gasteiger charge is 2.19. The summed E-state index contributed by atoms with van der Waals surface area (Å²) in [5.41, 5.74) is 2.30. The first-order valence-electron chi connectivity index (χ1n) is 6.77. The minimum atomic E-state index is -0.121. The van der Waals surface area contributed by atoms with Gasteiger partial charge in [0.15, 0.2) is 0 Å². The van der Waals surface area contributed by atoms with Crippen molar-refractivity contribution in [3.8, 4) is 0 Å². The molecule has 0 bridgehead atoms. The maximum Gasteiger partial charge on any atom is 0.274 e. The number of carbonyl (C=O) groups is 1. The van der Waals surface area contributed by atoms with Crippen LogP contribution in [0, 0.1) is 6.92 Å². The average Bonchev–Trinajstić information content (AvgIpc) is 2.49. The smallest absolute Gasteiger partial charge is 0.274 e. The van der Waals surface area contributed by atoms with E-state index in [4.69, 9.17) is 11.6 Å². The van der Waals surface area contributed by atoms with Gasteiger partial charge in [0.25, 0.3) is 5.91 Å². The standard InChI is InChI=1S/C16H18ClN3O/c1-11-9-19-15(10-18-11)16(21)20(3)12(2)8-13-4-6-14(17)7-5-13/h4-7,9-10,12H,8H2,1-3H3. The van der Waals surface area contributed by atoms with Gasteiger partial charge in [-0.05, 0) is 38.0 Å². The first kappa shape index (κ1) is 15.4. The van der Waals surface area contributed by atoms with Crippen LogP contribution in [0.3, 0.4) is 0 Å². The van der Waals surface area contributed by atoms with E-state index in [2.05, 4.69) is 9.97 Å². The molecule has 2 aromatic rings. The van der Waals surface area contributed by atoms with Crippen LogP contribution in [-0.2, 0) is 6.42 Å². The van der Waals surface area contributed by atoms with Crippen LogP contribution < -0.4 is 0 Å². The van der Waals surface area contributed by atoms with Crippen molar-refractivity contribution in [1.82, 2.24) is 14.9 Å². The molecule has 1 unspecified atom stereocenters. The summed E-state index contributed by atoms with van der Waals surface area (Å²) in [5, 5.41) is 0.714. The van der Waals surface area contributed by atoms with E-state index in [1.54, 1.807) is 18.1 Å². The minimum absolute atomic E-state index is 0.0572. The summed E-state index contributed by atoms with van der Waals surface area (Å²) in [6.07, 6.45) is 3.88. The molecule has 0 aliphatic carbocycles. The van der Waals surface area contributed by atoms with Crippen LogP contribution in [-0.4, -0.2) is 33.9 Å². The second kappa shape index (κ2) is 6.68. The van der Waals surface area contributed by atoms with E-state index in [1.165, 1.54) is 6.20 Å². The van der Waals surface area contributed by atoms with Crippen molar-refractivity contribution >= 4 is 17.5 Å². The molecule has 0 aliphatic heterocycles. The van der Waals surface area contributed by atoms with Gasteiger partial charge in [-0.2, -0.15) is 0 Å². The highest BCUT2D eigenvalue weighted by atomic mass is 35.5. The van der Waals surface area contributed by atoms with Gasteiger partial charge in [-0.3, -0.25) is 9.78 Å². The molecule has 0 fully saturated rings. The molecular weight excluding hydrogens is 286 g/mol. The summed E-state index contributed by atoms with van der Waals surface area (Å²) < 4.78 is 0. The summed E-state index contributed by atoms with van der Waals surface area (Å²) in [6.45, 7) is 3.85. The lowest BCUT2D eigenvalue weighted by Crippen LogP contribution is -2.37. The first-order valence-corrected chi connectivity index (χ1v) is 7.15. The van der Waals surface area contributed by atoms with E-state index in [-0.39, 0.29) is 11.9 Å². The molecule has 1 aromatic heterocycles. The SMILES string of the molecule is Cc1cnc(C(=O)N(C)C(C)Cc2ccc(Cl)cc2)cn1. The van der Waals surface area contributed by atoms with Gasteiger partial charge < -0.3 is 4.90 Å². The molecular formula is C16H18ClN3O. The number of amides is 1. The van der Waals surface area contributed by atoms with Gasteiger partial charge in [0.1, 0.15) is 5.69 Å². The molecule has 2 rings (SSSR count). The van der Waals surface area contributed by atoms with Crippen LogP contribution in [0.15, 0.2) is 36.7 Å². The Bertz CT molecular complexity index is 610. The van der Waals surface area contributed by atoms with Crippen LogP contribution in [0.4, 0.5) is 0 Å². The van der Waals surface area contributed by atoms with Gasteiger partial charge in [-0.15, -0.1) is 0 Å². The highest BCUT2D eigenvalue weighted by Crippen LogP contribution is 2.13. The zero-order valence-electron chi connectivity index (χ0n) is 12.4. The Hall–Kier alpha value is -1.94. The molecule has 0 radical (unpaired) electrons. The molecule has 0 N–H and O–H groups in total. The third-order valence-corrected chi connectivity index (χ3v) is 3.68. The molecule has 0 saturated carbocycles. The lowest BCUT2D eigenvalue weighted by atomic mass is 10.1. The maximum atomic E-state index is 12.3. The van der Waals surface area contributed by atoms with Gasteiger partial charge in [0.2, 0.25) is 0 Å². The fraction of sp³-hybridized carbons (Fsp3) is 0.312. The molecule has 1 amide bonds. The minimum Gasteiger partial charge on any atom is -0.337 e. The zero-order chi connectivity index (χ0) is 15.4. The maximum absolute atomic E-state index is 12.3. The van der Waals surface area contributed by atoms with Crippen molar-refractivity contribution in [2.24, 2.45) is 0 Å². The molecule has 110 valence electrons. The monoisotopic (exact) mass is 303 g/mol. The molecule has 0 spiro atoms. The predicted molar refractivity (Wildman–Crippen MR) is 83.5 cm³/mol. The molecule has 0 saturated heterocycles. The number of likely N-dealkylation sites (N-methyl/N-ethyl adjacent to an activating group) is 1. The first-order chi connectivity index (χ1) is 9.97. The second-order valence-corrected chi connectivity index (χ2v) is 5.58. The van der Waals surface area contributed by atoms with E-state index in [0.29, 0.717) is 10.7 Å². The number of hydrogen-bond acceptors (Lipinski definition) is 3. The normalized spacial score (nSPS) is 12.0. The number of carbonyl (C=O) groups excluding carboxylic acids is 1. The van der Waals surface area contributed by atoms with Crippen LogP contribution in [0.25, 0.3) is 0 Å². The van der Waals surface area contributed by atoms with Crippen LogP contribution in [0.5, 0.6) is 0 Å². The predicted octanol–water partition coefficient (Wildman–Crippen LogP) is 3.14. The van der Waals surface area contributed by atoms with Gasteiger partial charge in [0.05, 0.1) is 11.9 Å². The van der Waals surface area contributed by atoms with Gasteiger partial charge in [-0.25, -0.2) is 4.98 Å². The topological polar surface area (TPSA) is 46.1 Å². The van der Waals surface area contributed by atoms with E-state index >= 15 is 0 Å². The number of benzene rings is 1. The molecule has 1 aromatic carbocycles. The third kappa shape index (κ3) is 4.02. The Balaban J connectivity index is 2.04. The van der Waals surface area contributed by atoms with Crippen molar-refractivity contribution in [2.75, 3.05) is 7.05 Å². The number of aryl methyl sites for hydroxylation is 1. The van der Waals surface area contributed by atoms with E-state index in [1.807, 2.05) is 38.1 Å². The molecule has 21 heavy (non-hydrogen) atoms. The van der Waals surface area contributed by atoms with Crippen molar-refractivity contribution < 1.29 is 4.79 Å². The summed E-state index contributed by atoms with van der Waals surface area (Å²) in [4.78, 5) is 22.3. The molecule has 1 atom stereocenters. The number of hydrogen-bond donors (Lipinski definition) is 0. The van der Waals surface area contributed by atoms with Crippen molar-refractivity contribution in [3.05, 3.63) is 58.6 Å². The van der Waals surface area contributed by atoms with Crippen LogP contribution in [0.2, 0.25) is 5.02 Å². The Morgan fingerprint density at radius 1 is 1.24 bits per heavy atom. The Morgan fingerprint density at radius 2 is 1.90 bits per heavy atom. The third-order valence-electron chi connectivity index (χ3n) is 3.43. The quantitative estimate of drug-likeness (QED) is 0.871. The summed E-state index contributed by atoms with van der Waals surface area (Å²) in [7, 11) is 1.78. The largest absolute Gasteiger partial charge is 0.337 e. The van der Waals surface area contributed by atoms with Crippen molar-refractivity contribution in [1.29, 1.82) is 0 Å². The zero-order valence-corrected chi connectivity index (χ0v) is 13.1. The summed E-state index contributed by atoms with van der Waals surface area (Å²) in [5.74, 6) is -0.121. The van der Waals surface area contributed by atoms with Gasteiger partial charge >= 0.3 is 0 Å². The van der Waals surface area contributed by atoms with E-state index < -0.39 is 0 Å². The number of aromatic nitrogens is 2. The van der Waals surface area contributed by atoms with Crippen molar-refractivity contribution in [3.63, 3.8) is 0 Å². The van der Waals surface area contributed by atoms with E-state index in [9.17, 15) is 4.79 Å². The van der Waals surface area contributed by atoms with Gasteiger partial charge in [-0.1, -0.05) is 23.7 Å². The Kier molecular flexibility index (Phi) is 4.91. The molecule has 4 nitrogen and oxygen atoms in total. The summed E-state index contributed by atoms with van der Waals surface area (Å²) in [6, 6.07) is 7.72. The molecule has 1 heterocycles. The lowest BCUT2D eigenvalue weighted by Gasteiger charge is -2.24. The lowest BCUT2D eigenvalue weighted by molar-refractivity contribution is 0.0737. The summed E-state index contributed by atoms with van der Waals surface area (Å²) >= 11 is 5.87. The highest BCUT2D eigenvalue weighted by molar-refractivity contribution is 6.30. The number of halogens is 1. The Morgan fingerprint density at radius 3 is 2.48 bits per heavy atom.